The zero-order valence-electron chi connectivity index (χ0n) is 9.76. The lowest BCUT2D eigenvalue weighted by molar-refractivity contribution is 0.597. The van der Waals surface area contributed by atoms with Gasteiger partial charge in [-0.2, -0.15) is 0 Å². The molecule has 0 aliphatic carbocycles. The average Bonchev–Trinajstić information content (AvgIpc) is 2.78. The van der Waals surface area contributed by atoms with Gasteiger partial charge in [-0.1, -0.05) is 24.3 Å². The van der Waals surface area contributed by atoms with Crippen molar-refractivity contribution >= 4 is 0 Å². The fraction of sp³-hybridized carbons (Fsp3) is 0.286. The van der Waals surface area contributed by atoms with Gasteiger partial charge in [-0.3, -0.25) is 4.68 Å². The second-order valence-electron chi connectivity index (χ2n) is 4.44. The topological polar surface area (TPSA) is 29.0 Å². The van der Waals surface area contributed by atoms with Gasteiger partial charge in [0.05, 0.1) is 6.04 Å². The molecule has 1 aliphatic heterocycles. The van der Waals surface area contributed by atoms with E-state index < -0.39 is 0 Å². The summed E-state index contributed by atoms with van der Waals surface area (Å²) in [5.41, 5.74) is 6.34. The third-order valence-electron chi connectivity index (χ3n) is 3.27. The van der Waals surface area contributed by atoms with Gasteiger partial charge in [-0.25, -0.2) is 0 Å². The standard InChI is InChI=1S/C14H17N3/c1-2-6-13-12(5-1)11-15-8-7-14(13)16-17-9-3-4-10-17/h1-6,9-10,14-16H,7-8,11H2. The number of hydrogen-bond acceptors (Lipinski definition) is 2. The van der Waals surface area contributed by atoms with Gasteiger partial charge in [0.25, 0.3) is 0 Å². The van der Waals surface area contributed by atoms with Crippen LogP contribution in [0.3, 0.4) is 0 Å². The fourth-order valence-electron chi connectivity index (χ4n) is 2.39. The van der Waals surface area contributed by atoms with Crippen LogP contribution in [0.5, 0.6) is 0 Å². The Morgan fingerprint density at radius 2 is 1.94 bits per heavy atom. The van der Waals surface area contributed by atoms with Crippen LogP contribution in [-0.2, 0) is 6.54 Å². The fourth-order valence-corrected chi connectivity index (χ4v) is 2.39. The Kier molecular flexibility index (Phi) is 2.84. The summed E-state index contributed by atoms with van der Waals surface area (Å²) < 4.78 is 2.03. The molecular formula is C14H17N3. The number of nitrogens with zero attached hydrogens (tertiary/aromatic N) is 1. The van der Waals surface area contributed by atoms with E-state index in [9.17, 15) is 0 Å². The third-order valence-corrected chi connectivity index (χ3v) is 3.27. The van der Waals surface area contributed by atoms with E-state index in [4.69, 9.17) is 0 Å². The minimum Gasteiger partial charge on any atom is -0.319 e. The summed E-state index contributed by atoms with van der Waals surface area (Å²) in [6.45, 7) is 2.02. The van der Waals surface area contributed by atoms with Crippen molar-refractivity contribution in [1.82, 2.24) is 9.99 Å². The summed E-state index contributed by atoms with van der Waals surface area (Å²) in [5, 5.41) is 3.46. The minimum atomic E-state index is 0.383. The average molecular weight is 227 g/mol. The first-order chi connectivity index (χ1) is 8.43. The van der Waals surface area contributed by atoms with Gasteiger partial charge in [0.15, 0.2) is 0 Å². The van der Waals surface area contributed by atoms with E-state index in [1.165, 1.54) is 11.1 Å². The van der Waals surface area contributed by atoms with E-state index >= 15 is 0 Å². The van der Waals surface area contributed by atoms with Crippen molar-refractivity contribution in [2.45, 2.75) is 19.0 Å². The number of rotatable bonds is 2. The largest absolute Gasteiger partial charge is 0.319 e. The first kappa shape index (κ1) is 10.4. The van der Waals surface area contributed by atoms with Gasteiger partial charge in [0.2, 0.25) is 0 Å². The van der Waals surface area contributed by atoms with Crippen molar-refractivity contribution in [3.05, 3.63) is 59.9 Å². The zero-order chi connectivity index (χ0) is 11.5. The highest BCUT2D eigenvalue weighted by molar-refractivity contribution is 5.32. The highest BCUT2D eigenvalue weighted by Gasteiger charge is 2.17. The molecule has 2 aromatic rings. The molecule has 1 aromatic carbocycles. The molecule has 0 fully saturated rings. The smallest absolute Gasteiger partial charge is 0.0688 e. The molecule has 0 saturated carbocycles. The second-order valence-corrected chi connectivity index (χ2v) is 4.44. The summed E-state index contributed by atoms with van der Waals surface area (Å²) in [7, 11) is 0. The maximum absolute atomic E-state index is 3.53. The molecule has 0 radical (unpaired) electrons. The molecule has 1 atom stereocenters. The minimum absolute atomic E-state index is 0.383. The molecule has 2 N–H and O–H groups in total. The molecular weight excluding hydrogens is 210 g/mol. The SMILES string of the molecule is c1ccc2c(c1)CNCCC2Nn1cccc1. The Morgan fingerprint density at radius 3 is 2.82 bits per heavy atom. The van der Waals surface area contributed by atoms with Crippen LogP contribution in [-0.4, -0.2) is 11.2 Å². The van der Waals surface area contributed by atoms with E-state index in [-0.39, 0.29) is 0 Å². The van der Waals surface area contributed by atoms with Crippen molar-refractivity contribution in [3.8, 4) is 0 Å². The van der Waals surface area contributed by atoms with Gasteiger partial charge in [-0.15, -0.1) is 0 Å². The van der Waals surface area contributed by atoms with Crippen LogP contribution in [0.4, 0.5) is 0 Å². The van der Waals surface area contributed by atoms with Crippen LogP contribution < -0.4 is 10.7 Å². The number of benzene rings is 1. The van der Waals surface area contributed by atoms with Crippen LogP contribution in [0, 0.1) is 0 Å². The van der Waals surface area contributed by atoms with Crippen LogP contribution in [0.25, 0.3) is 0 Å². The molecule has 3 nitrogen and oxygen atoms in total. The van der Waals surface area contributed by atoms with E-state index in [0.717, 1.165) is 19.5 Å². The van der Waals surface area contributed by atoms with E-state index in [1.54, 1.807) is 0 Å². The number of aromatic nitrogens is 1. The molecule has 1 aromatic heterocycles. The Labute approximate surface area is 101 Å². The van der Waals surface area contributed by atoms with Gasteiger partial charge in [-0.05, 0) is 36.2 Å². The summed E-state index contributed by atoms with van der Waals surface area (Å²) in [5.74, 6) is 0. The predicted molar refractivity (Wildman–Crippen MR) is 69.3 cm³/mol. The summed E-state index contributed by atoms with van der Waals surface area (Å²) in [6.07, 6.45) is 5.19. The number of fused-ring (bicyclic) bond motifs is 1. The molecule has 17 heavy (non-hydrogen) atoms. The van der Waals surface area contributed by atoms with Crippen molar-refractivity contribution in [2.75, 3.05) is 12.0 Å². The maximum atomic E-state index is 3.53. The molecule has 0 spiro atoms. The summed E-state index contributed by atoms with van der Waals surface area (Å²) in [4.78, 5) is 0. The molecule has 88 valence electrons. The summed E-state index contributed by atoms with van der Waals surface area (Å²) >= 11 is 0. The van der Waals surface area contributed by atoms with E-state index in [0.29, 0.717) is 6.04 Å². The van der Waals surface area contributed by atoms with Crippen LogP contribution >= 0.6 is 0 Å². The highest BCUT2D eigenvalue weighted by Crippen LogP contribution is 2.24. The first-order valence-corrected chi connectivity index (χ1v) is 6.11. The van der Waals surface area contributed by atoms with E-state index in [2.05, 4.69) is 35.0 Å². The molecule has 3 heteroatoms. The van der Waals surface area contributed by atoms with Crippen molar-refractivity contribution in [3.63, 3.8) is 0 Å². The molecule has 2 heterocycles. The third kappa shape index (κ3) is 2.19. The van der Waals surface area contributed by atoms with Crippen LogP contribution in [0.2, 0.25) is 0 Å². The van der Waals surface area contributed by atoms with Crippen molar-refractivity contribution < 1.29 is 0 Å². The lowest BCUT2D eigenvalue weighted by Gasteiger charge is -2.20. The number of hydrogen-bond donors (Lipinski definition) is 2. The van der Waals surface area contributed by atoms with Gasteiger partial charge >= 0.3 is 0 Å². The first-order valence-electron chi connectivity index (χ1n) is 6.11. The van der Waals surface area contributed by atoms with Gasteiger partial charge < -0.3 is 10.7 Å². The quantitative estimate of drug-likeness (QED) is 0.824. The highest BCUT2D eigenvalue weighted by atomic mass is 15.4. The Bertz CT molecular complexity index is 476. The normalized spacial score (nSPS) is 19.4. The predicted octanol–water partition coefficient (Wildman–Crippen LogP) is 2.27. The van der Waals surface area contributed by atoms with Gasteiger partial charge in [0.1, 0.15) is 0 Å². The van der Waals surface area contributed by atoms with Crippen LogP contribution in [0.1, 0.15) is 23.6 Å². The van der Waals surface area contributed by atoms with Crippen molar-refractivity contribution in [1.29, 1.82) is 0 Å². The molecule has 3 rings (SSSR count). The molecule has 1 unspecified atom stereocenters. The maximum Gasteiger partial charge on any atom is 0.0688 e. The lowest BCUT2D eigenvalue weighted by atomic mass is 10.00. The number of nitrogens with one attached hydrogen (secondary N) is 2. The second kappa shape index (κ2) is 4.63. The Morgan fingerprint density at radius 1 is 1.12 bits per heavy atom. The van der Waals surface area contributed by atoms with Crippen molar-refractivity contribution in [2.24, 2.45) is 0 Å². The molecule has 0 saturated heterocycles. The Hall–Kier alpha value is -1.74. The monoisotopic (exact) mass is 227 g/mol. The molecule has 0 amide bonds. The lowest BCUT2D eigenvalue weighted by Crippen LogP contribution is -2.21. The van der Waals surface area contributed by atoms with E-state index in [1.807, 2.05) is 29.2 Å². The summed E-state index contributed by atoms with van der Waals surface area (Å²) in [6, 6.07) is 13.1. The zero-order valence-corrected chi connectivity index (χ0v) is 9.76. The van der Waals surface area contributed by atoms with Gasteiger partial charge in [0, 0.05) is 18.9 Å². The van der Waals surface area contributed by atoms with Crippen LogP contribution in [0.15, 0.2) is 48.8 Å². The Balaban J connectivity index is 1.89. The molecule has 0 bridgehead atoms. The molecule has 1 aliphatic rings.